The Hall–Kier alpha value is -6.64. The first kappa shape index (κ1) is 36.4. The molecule has 4 heterocycles. The first-order valence-corrected chi connectivity index (χ1v) is 20.2. The lowest BCUT2D eigenvalue weighted by Gasteiger charge is -2.35. The molecule has 14 heteroatoms. The van der Waals surface area contributed by atoms with Gasteiger partial charge in [0, 0.05) is 33.4 Å². The van der Waals surface area contributed by atoms with Gasteiger partial charge in [0.15, 0.2) is 46.4 Å². The number of thiazole rings is 2. The van der Waals surface area contributed by atoms with Crippen LogP contribution in [0.4, 0.5) is 17.6 Å². The molecule has 0 fully saturated rings. The lowest BCUT2D eigenvalue weighted by molar-refractivity contribution is 0.0955. The van der Waals surface area contributed by atoms with Crippen LogP contribution in [0.2, 0.25) is 0 Å². The van der Waals surface area contributed by atoms with Crippen molar-refractivity contribution in [3.8, 4) is 32.4 Å². The number of Topliss-reactive ketones (excluding diaryl/α,β-unsaturated/α-hetero) is 4. The van der Waals surface area contributed by atoms with E-state index in [1.165, 1.54) is 59.1 Å². The molecule has 60 heavy (non-hydrogen) atoms. The van der Waals surface area contributed by atoms with E-state index >= 15 is 0 Å². The van der Waals surface area contributed by atoms with Crippen LogP contribution in [0.25, 0.3) is 54.6 Å². The standard InChI is InChI=1S/C46H24F4N2O6S2/c1-45(2)43-41(59-35(51-43)15-27-37(53)21-5-17-9-29(47)30(48)10-18(17)6-22(21)38(27)54)25-14-34-26(13-33(25)57-45)42-44(46(3,4)58-34)52-36(60-42)16-28-39(55)23-7-19-11-31(49)32(50)12-20(19)8-24(23)40(28)56/h5-16H,1-4H3. The van der Waals surface area contributed by atoms with E-state index in [4.69, 9.17) is 19.4 Å². The second-order valence-corrected chi connectivity index (χ2v) is 18.0. The number of aromatic nitrogens is 2. The van der Waals surface area contributed by atoms with Gasteiger partial charge in [0.25, 0.3) is 0 Å². The van der Waals surface area contributed by atoms with Gasteiger partial charge in [-0.2, -0.15) is 0 Å². The molecule has 8 nitrogen and oxygen atoms in total. The summed E-state index contributed by atoms with van der Waals surface area (Å²) < 4.78 is 69.1. The number of benzene rings is 5. The predicted molar refractivity (Wildman–Crippen MR) is 217 cm³/mol. The highest BCUT2D eigenvalue weighted by molar-refractivity contribution is 7.16. The molecule has 7 aromatic rings. The van der Waals surface area contributed by atoms with Gasteiger partial charge in [-0.15, -0.1) is 22.7 Å². The third-order valence-corrected chi connectivity index (χ3v) is 13.3. The number of fused-ring (bicyclic) bond motifs is 10. The molecule has 2 aliphatic heterocycles. The molecule has 0 saturated carbocycles. The molecule has 0 spiro atoms. The smallest absolute Gasteiger partial charge is 0.197 e. The Labute approximate surface area is 344 Å². The summed E-state index contributed by atoms with van der Waals surface area (Å²) in [4.78, 5) is 65.4. The Morgan fingerprint density at radius 1 is 0.467 bits per heavy atom. The van der Waals surface area contributed by atoms with Crippen molar-refractivity contribution in [3.05, 3.63) is 139 Å². The SMILES string of the molecule is CC1(C)Oc2cc3c(cc2-c2sc(C=C4C(=O)c5cc6cc(F)c(F)cc6cc5C4=O)nc21)OC(C)(C)c1nc(C=C2C(=O)c4cc5cc(F)c(F)cc5cc4C2=O)sc1-3. The van der Waals surface area contributed by atoms with E-state index in [0.717, 1.165) is 34.0 Å². The van der Waals surface area contributed by atoms with Crippen molar-refractivity contribution in [2.24, 2.45) is 0 Å². The highest BCUT2D eigenvalue weighted by Crippen LogP contribution is 2.55. The molecular weight excluding hydrogens is 817 g/mol. The van der Waals surface area contributed by atoms with Crippen LogP contribution in [-0.4, -0.2) is 33.1 Å². The summed E-state index contributed by atoms with van der Waals surface area (Å²) in [5, 5.41) is 1.93. The van der Waals surface area contributed by atoms with Gasteiger partial charge >= 0.3 is 0 Å². The van der Waals surface area contributed by atoms with Crippen LogP contribution in [0.15, 0.2) is 71.8 Å². The fourth-order valence-electron chi connectivity index (χ4n) is 8.34. The zero-order valence-electron chi connectivity index (χ0n) is 31.6. The molecule has 0 amide bonds. The largest absolute Gasteiger partial charge is 0.481 e. The van der Waals surface area contributed by atoms with Gasteiger partial charge < -0.3 is 9.47 Å². The third-order valence-electron chi connectivity index (χ3n) is 11.3. The molecule has 0 radical (unpaired) electrons. The monoisotopic (exact) mass is 840 g/mol. The van der Waals surface area contributed by atoms with Gasteiger partial charge in [0.2, 0.25) is 0 Å². The van der Waals surface area contributed by atoms with Crippen LogP contribution in [-0.2, 0) is 11.2 Å². The summed E-state index contributed by atoms with van der Waals surface area (Å²) in [6, 6.07) is 13.3. The first-order valence-electron chi connectivity index (χ1n) is 18.5. The molecule has 5 aromatic carbocycles. The van der Waals surface area contributed by atoms with Crippen LogP contribution in [0, 0.1) is 23.3 Å². The minimum atomic E-state index is -1.06. The number of hydrogen-bond donors (Lipinski definition) is 0. The zero-order valence-corrected chi connectivity index (χ0v) is 33.2. The number of rotatable bonds is 2. The maximum Gasteiger partial charge on any atom is 0.197 e. The van der Waals surface area contributed by atoms with Crippen LogP contribution in [0.5, 0.6) is 11.5 Å². The molecular formula is C46H24F4N2O6S2. The van der Waals surface area contributed by atoms with E-state index in [-0.39, 0.29) is 33.4 Å². The molecule has 4 aliphatic rings. The molecule has 0 atom stereocenters. The number of halogens is 4. The zero-order chi connectivity index (χ0) is 41.9. The van der Waals surface area contributed by atoms with Gasteiger partial charge in [0.05, 0.1) is 20.9 Å². The van der Waals surface area contributed by atoms with E-state index in [1.807, 2.05) is 39.8 Å². The highest BCUT2D eigenvalue weighted by atomic mass is 32.1. The molecule has 11 rings (SSSR count). The van der Waals surface area contributed by atoms with Crippen molar-refractivity contribution in [2.75, 3.05) is 0 Å². The summed E-state index contributed by atoms with van der Waals surface area (Å²) in [6.07, 6.45) is 2.88. The van der Waals surface area contributed by atoms with Gasteiger partial charge in [-0.05, 0) is 122 Å². The Bertz CT molecular complexity index is 3010. The Kier molecular flexibility index (Phi) is 7.28. The summed E-state index contributed by atoms with van der Waals surface area (Å²) in [6.45, 7) is 7.40. The Morgan fingerprint density at radius 3 is 1.07 bits per heavy atom. The van der Waals surface area contributed by atoms with Crippen LogP contribution >= 0.6 is 22.7 Å². The molecule has 0 bridgehead atoms. The van der Waals surface area contributed by atoms with E-state index in [2.05, 4.69) is 0 Å². The number of ketones is 4. The number of allylic oxidation sites excluding steroid dienone is 2. The second kappa shape index (κ2) is 12.0. The number of nitrogens with zero attached hydrogens (tertiary/aromatic N) is 2. The summed E-state index contributed by atoms with van der Waals surface area (Å²) in [7, 11) is 0. The van der Waals surface area contributed by atoms with E-state index in [1.54, 1.807) is 0 Å². The predicted octanol–water partition coefficient (Wildman–Crippen LogP) is 11.0. The van der Waals surface area contributed by atoms with E-state index < -0.39 is 57.6 Å². The molecule has 0 N–H and O–H groups in total. The van der Waals surface area contributed by atoms with Gasteiger partial charge in [0.1, 0.15) is 44.1 Å². The third kappa shape index (κ3) is 5.13. The second-order valence-electron chi connectivity index (χ2n) is 16.0. The average molecular weight is 841 g/mol. The molecule has 2 aromatic heterocycles. The van der Waals surface area contributed by atoms with Crippen molar-refractivity contribution < 1.29 is 46.2 Å². The first-order chi connectivity index (χ1) is 28.5. The molecule has 294 valence electrons. The van der Waals surface area contributed by atoms with Gasteiger partial charge in [-0.3, -0.25) is 19.2 Å². The fourth-order valence-corrected chi connectivity index (χ4v) is 10.7. The molecule has 2 aliphatic carbocycles. The maximum absolute atomic E-state index is 14.0. The summed E-state index contributed by atoms with van der Waals surface area (Å²) in [5.41, 5.74) is 0.767. The van der Waals surface area contributed by atoms with Crippen LogP contribution in [0.3, 0.4) is 0 Å². The van der Waals surface area contributed by atoms with Crippen molar-refractivity contribution >= 4 is 79.5 Å². The van der Waals surface area contributed by atoms with Crippen LogP contribution in [0.1, 0.15) is 90.5 Å². The highest BCUT2D eigenvalue weighted by Gasteiger charge is 2.42. The Balaban J connectivity index is 0.959. The minimum absolute atomic E-state index is 0.101. The van der Waals surface area contributed by atoms with Crippen molar-refractivity contribution in [3.63, 3.8) is 0 Å². The minimum Gasteiger partial charge on any atom is -0.481 e. The quantitative estimate of drug-likeness (QED) is 0.0961. The van der Waals surface area contributed by atoms with Gasteiger partial charge in [-0.1, -0.05) is 0 Å². The number of carbonyl (C=O) groups excluding carboxylic acids is 4. The lowest BCUT2D eigenvalue weighted by Crippen LogP contribution is -2.31. The molecule has 0 unspecified atom stereocenters. The fraction of sp³-hybridized carbons (Fsp3) is 0.130. The van der Waals surface area contributed by atoms with Crippen molar-refractivity contribution in [2.45, 2.75) is 38.9 Å². The number of carbonyl (C=O) groups is 4. The topological polar surface area (TPSA) is 113 Å². The maximum atomic E-state index is 14.0. The van der Waals surface area contributed by atoms with E-state index in [9.17, 15) is 36.7 Å². The number of ether oxygens (including phenoxy) is 2. The molecule has 0 saturated heterocycles. The lowest BCUT2D eigenvalue weighted by atomic mass is 9.92. The average Bonchev–Trinajstić information content (AvgIpc) is 3.93. The summed E-state index contributed by atoms with van der Waals surface area (Å²) >= 11 is 2.53. The number of hydrogen-bond acceptors (Lipinski definition) is 10. The normalized spacial score (nSPS) is 16.6. The van der Waals surface area contributed by atoms with Gasteiger partial charge in [-0.25, -0.2) is 27.5 Å². The summed E-state index contributed by atoms with van der Waals surface area (Å²) in [5.74, 6) is -5.38. The van der Waals surface area contributed by atoms with E-state index in [0.29, 0.717) is 65.6 Å². The van der Waals surface area contributed by atoms with Crippen LogP contribution < -0.4 is 9.47 Å². The Morgan fingerprint density at radius 2 is 0.767 bits per heavy atom. The van der Waals surface area contributed by atoms with Crippen molar-refractivity contribution in [1.82, 2.24) is 9.97 Å². The van der Waals surface area contributed by atoms with Crippen molar-refractivity contribution in [1.29, 1.82) is 0 Å².